The van der Waals surface area contributed by atoms with Gasteiger partial charge in [0.1, 0.15) is 6.17 Å². The average Bonchev–Trinajstić information content (AvgIpc) is 2.60. The number of aldehydes is 1. The molecule has 0 aliphatic carbocycles. The first-order chi connectivity index (χ1) is 11.5. The Labute approximate surface area is 140 Å². The largest absolute Gasteiger partial charge is 0.330 e. The SMILES string of the molecule is CNC(C=O)NC(=O)c1cccc(NC(=O)c2ccc(C)cc2)c1. The highest BCUT2D eigenvalue weighted by molar-refractivity contribution is 6.05. The number of rotatable bonds is 6. The van der Waals surface area contributed by atoms with E-state index in [9.17, 15) is 14.4 Å². The molecule has 0 spiro atoms. The van der Waals surface area contributed by atoms with Gasteiger partial charge in [0.2, 0.25) is 0 Å². The Kier molecular flexibility index (Phi) is 5.81. The molecule has 1 atom stereocenters. The lowest BCUT2D eigenvalue weighted by Crippen LogP contribution is -2.44. The van der Waals surface area contributed by atoms with Gasteiger partial charge in [-0.2, -0.15) is 0 Å². The zero-order chi connectivity index (χ0) is 17.5. The van der Waals surface area contributed by atoms with E-state index in [1.807, 2.05) is 19.1 Å². The van der Waals surface area contributed by atoms with Crippen molar-refractivity contribution in [1.29, 1.82) is 0 Å². The minimum absolute atomic E-state index is 0.256. The summed E-state index contributed by atoms with van der Waals surface area (Å²) in [6.45, 7) is 1.95. The van der Waals surface area contributed by atoms with Gasteiger partial charge in [0.25, 0.3) is 11.8 Å². The number of carbonyl (C=O) groups is 3. The number of benzene rings is 2. The van der Waals surface area contributed by atoms with Crippen LogP contribution in [-0.4, -0.2) is 31.3 Å². The van der Waals surface area contributed by atoms with Crippen LogP contribution in [0.1, 0.15) is 26.3 Å². The van der Waals surface area contributed by atoms with E-state index in [1.165, 1.54) is 0 Å². The molecule has 0 bridgehead atoms. The van der Waals surface area contributed by atoms with Gasteiger partial charge in [0, 0.05) is 16.8 Å². The molecule has 24 heavy (non-hydrogen) atoms. The number of carbonyl (C=O) groups excluding carboxylic acids is 3. The molecule has 0 saturated carbocycles. The van der Waals surface area contributed by atoms with E-state index in [1.54, 1.807) is 43.4 Å². The number of aryl methyl sites for hydroxylation is 1. The van der Waals surface area contributed by atoms with Crippen molar-refractivity contribution in [2.24, 2.45) is 0 Å². The van der Waals surface area contributed by atoms with Crippen molar-refractivity contribution in [2.75, 3.05) is 12.4 Å². The van der Waals surface area contributed by atoms with Crippen molar-refractivity contribution < 1.29 is 14.4 Å². The van der Waals surface area contributed by atoms with Crippen LogP contribution in [0.3, 0.4) is 0 Å². The molecule has 0 radical (unpaired) electrons. The molecule has 0 aliphatic rings. The van der Waals surface area contributed by atoms with Gasteiger partial charge < -0.3 is 10.6 Å². The fraction of sp³-hybridized carbons (Fsp3) is 0.167. The van der Waals surface area contributed by atoms with Gasteiger partial charge in [-0.05, 0) is 44.3 Å². The predicted octanol–water partition coefficient (Wildman–Crippen LogP) is 1.72. The standard InChI is InChI=1S/C18H19N3O3/c1-12-6-8-13(9-7-12)17(23)20-15-5-3-4-14(10-15)18(24)21-16(11-22)19-2/h3-11,16,19H,1-2H3,(H,20,23)(H,21,24). The van der Waals surface area contributed by atoms with Crippen molar-refractivity contribution in [3.05, 3.63) is 65.2 Å². The van der Waals surface area contributed by atoms with Gasteiger partial charge >= 0.3 is 0 Å². The van der Waals surface area contributed by atoms with Crippen LogP contribution in [0, 0.1) is 6.92 Å². The summed E-state index contributed by atoms with van der Waals surface area (Å²) in [4.78, 5) is 35.1. The number of nitrogens with one attached hydrogen (secondary N) is 3. The van der Waals surface area contributed by atoms with Crippen molar-refractivity contribution in [3.8, 4) is 0 Å². The second-order valence-electron chi connectivity index (χ2n) is 5.28. The molecule has 0 saturated heterocycles. The summed E-state index contributed by atoms with van der Waals surface area (Å²) in [5.74, 6) is -0.665. The third-order valence-electron chi connectivity index (χ3n) is 3.43. The molecule has 3 N–H and O–H groups in total. The highest BCUT2D eigenvalue weighted by Gasteiger charge is 2.12. The Morgan fingerprint density at radius 2 is 1.71 bits per heavy atom. The van der Waals surface area contributed by atoms with Gasteiger partial charge in [-0.15, -0.1) is 0 Å². The number of anilines is 1. The molecule has 2 aromatic carbocycles. The lowest BCUT2D eigenvalue weighted by atomic mass is 10.1. The van der Waals surface area contributed by atoms with E-state index >= 15 is 0 Å². The third kappa shape index (κ3) is 4.50. The molecular weight excluding hydrogens is 306 g/mol. The minimum atomic E-state index is -0.761. The zero-order valence-corrected chi connectivity index (χ0v) is 13.5. The Hall–Kier alpha value is -2.99. The summed E-state index contributed by atoms with van der Waals surface area (Å²) < 4.78 is 0. The maximum atomic E-state index is 12.2. The fourth-order valence-corrected chi connectivity index (χ4v) is 2.05. The van der Waals surface area contributed by atoms with Gasteiger partial charge in [-0.25, -0.2) is 0 Å². The normalized spacial score (nSPS) is 11.4. The van der Waals surface area contributed by atoms with Crippen LogP contribution in [0.5, 0.6) is 0 Å². The summed E-state index contributed by atoms with van der Waals surface area (Å²) in [6, 6.07) is 13.7. The van der Waals surface area contributed by atoms with Crippen molar-refractivity contribution >= 4 is 23.8 Å². The monoisotopic (exact) mass is 325 g/mol. The van der Waals surface area contributed by atoms with E-state index in [2.05, 4.69) is 16.0 Å². The van der Waals surface area contributed by atoms with Crippen molar-refractivity contribution in [2.45, 2.75) is 13.1 Å². The van der Waals surface area contributed by atoms with E-state index < -0.39 is 12.1 Å². The van der Waals surface area contributed by atoms with Crippen LogP contribution >= 0.6 is 0 Å². The Bertz CT molecular complexity index is 741. The molecule has 124 valence electrons. The molecule has 6 nitrogen and oxygen atoms in total. The molecule has 0 heterocycles. The summed E-state index contributed by atoms with van der Waals surface area (Å²) in [6.07, 6.45) is -0.163. The number of likely N-dealkylation sites (N-methyl/N-ethyl adjacent to an activating group) is 1. The minimum Gasteiger partial charge on any atom is -0.330 e. The number of hydrogen-bond acceptors (Lipinski definition) is 4. The van der Waals surface area contributed by atoms with E-state index in [-0.39, 0.29) is 5.91 Å². The van der Waals surface area contributed by atoms with Crippen LogP contribution in [0.25, 0.3) is 0 Å². The molecule has 2 rings (SSSR count). The number of hydrogen-bond donors (Lipinski definition) is 3. The van der Waals surface area contributed by atoms with Gasteiger partial charge in [0.15, 0.2) is 6.29 Å². The van der Waals surface area contributed by atoms with E-state index in [0.717, 1.165) is 5.56 Å². The zero-order valence-electron chi connectivity index (χ0n) is 13.5. The van der Waals surface area contributed by atoms with Gasteiger partial charge in [-0.1, -0.05) is 23.8 Å². The van der Waals surface area contributed by atoms with E-state index in [4.69, 9.17) is 0 Å². The summed E-state index contributed by atoms with van der Waals surface area (Å²) in [5, 5.41) is 7.93. The molecular formula is C18H19N3O3. The maximum absolute atomic E-state index is 12.2. The van der Waals surface area contributed by atoms with Gasteiger partial charge in [-0.3, -0.25) is 19.7 Å². The molecule has 6 heteroatoms. The predicted molar refractivity (Wildman–Crippen MR) is 92.0 cm³/mol. The van der Waals surface area contributed by atoms with Crippen LogP contribution < -0.4 is 16.0 Å². The molecule has 1 unspecified atom stereocenters. The lowest BCUT2D eigenvalue weighted by molar-refractivity contribution is -0.109. The topological polar surface area (TPSA) is 87.3 Å². The summed E-state index contributed by atoms with van der Waals surface area (Å²) >= 11 is 0. The lowest BCUT2D eigenvalue weighted by Gasteiger charge is -2.12. The summed E-state index contributed by atoms with van der Waals surface area (Å²) in [7, 11) is 1.57. The quantitative estimate of drug-likeness (QED) is 0.557. The summed E-state index contributed by atoms with van der Waals surface area (Å²) in [5.41, 5.74) is 2.45. The molecule has 2 amide bonds. The maximum Gasteiger partial charge on any atom is 0.255 e. The third-order valence-corrected chi connectivity index (χ3v) is 3.43. The smallest absolute Gasteiger partial charge is 0.255 e. The number of amides is 2. The van der Waals surface area contributed by atoms with E-state index in [0.29, 0.717) is 23.1 Å². The average molecular weight is 325 g/mol. The van der Waals surface area contributed by atoms with Crippen LogP contribution in [0.15, 0.2) is 48.5 Å². The highest BCUT2D eigenvalue weighted by atomic mass is 16.2. The Balaban J connectivity index is 2.09. The Morgan fingerprint density at radius 1 is 1.00 bits per heavy atom. The molecule has 2 aromatic rings. The first kappa shape index (κ1) is 17.4. The highest BCUT2D eigenvalue weighted by Crippen LogP contribution is 2.13. The molecule has 0 aliphatic heterocycles. The fourth-order valence-electron chi connectivity index (χ4n) is 2.05. The first-order valence-corrected chi connectivity index (χ1v) is 7.45. The van der Waals surface area contributed by atoms with Crippen LogP contribution in [0.4, 0.5) is 5.69 Å². The van der Waals surface area contributed by atoms with Crippen LogP contribution in [0.2, 0.25) is 0 Å². The van der Waals surface area contributed by atoms with Crippen LogP contribution in [-0.2, 0) is 4.79 Å². The molecule has 0 aromatic heterocycles. The first-order valence-electron chi connectivity index (χ1n) is 7.45. The van der Waals surface area contributed by atoms with Crippen molar-refractivity contribution in [1.82, 2.24) is 10.6 Å². The molecule has 0 fully saturated rings. The Morgan fingerprint density at radius 3 is 2.33 bits per heavy atom. The van der Waals surface area contributed by atoms with Crippen molar-refractivity contribution in [3.63, 3.8) is 0 Å². The second-order valence-corrected chi connectivity index (χ2v) is 5.28. The van der Waals surface area contributed by atoms with Gasteiger partial charge in [0.05, 0.1) is 0 Å². The second kappa shape index (κ2) is 8.03.